The van der Waals surface area contributed by atoms with Gasteiger partial charge in [-0.2, -0.15) is 0 Å². The molecule has 2 rings (SSSR count). The van der Waals surface area contributed by atoms with Crippen LogP contribution in [0.15, 0.2) is 48.5 Å². The third-order valence-corrected chi connectivity index (χ3v) is 4.57. The Morgan fingerprint density at radius 2 is 1.60 bits per heavy atom. The van der Waals surface area contributed by atoms with Crippen LogP contribution in [0.3, 0.4) is 0 Å². The maximum absolute atomic E-state index is 12.7. The van der Waals surface area contributed by atoms with Gasteiger partial charge < -0.3 is 20.7 Å². The summed E-state index contributed by atoms with van der Waals surface area (Å²) >= 11 is 0. The molecule has 3 amide bonds. The van der Waals surface area contributed by atoms with E-state index in [1.54, 1.807) is 31.4 Å². The lowest BCUT2D eigenvalue weighted by Gasteiger charge is -2.13. The third-order valence-electron chi connectivity index (χ3n) is 4.57. The molecule has 3 N–H and O–H groups in total. The van der Waals surface area contributed by atoms with Crippen molar-refractivity contribution in [1.82, 2.24) is 10.6 Å². The molecule has 7 nitrogen and oxygen atoms in total. The maximum Gasteiger partial charge on any atom is 0.313 e. The summed E-state index contributed by atoms with van der Waals surface area (Å²) in [7, 11) is 1.57. The molecule has 0 bridgehead atoms. The van der Waals surface area contributed by atoms with Gasteiger partial charge in [0.25, 0.3) is 5.91 Å². The number of benzene rings is 2. The highest BCUT2D eigenvalue weighted by atomic mass is 16.5. The lowest BCUT2D eigenvalue weighted by Crippen LogP contribution is -2.36. The molecule has 0 saturated heterocycles. The van der Waals surface area contributed by atoms with E-state index in [1.165, 1.54) is 0 Å². The van der Waals surface area contributed by atoms with E-state index in [4.69, 9.17) is 4.74 Å². The van der Waals surface area contributed by atoms with E-state index >= 15 is 0 Å². The fraction of sp³-hybridized carbons (Fsp3) is 0.348. The van der Waals surface area contributed by atoms with Crippen molar-refractivity contribution in [3.05, 3.63) is 59.7 Å². The van der Waals surface area contributed by atoms with Gasteiger partial charge in [-0.1, -0.05) is 56.5 Å². The molecule has 30 heavy (non-hydrogen) atoms. The SMILES string of the molecule is CCCCCCNC(=O)C(=O)Nc1ccccc1C(=O)NCc1ccccc1OC. The molecule has 0 aliphatic carbocycles. The molecule has 0 aliphatic heterocycles. The van der Waals surface area contributed by atoms with Gasteiger partial charge >= 0.3 is 11.8 Å². The number of anilines is 1. The summed E-state index contributed by atoms with van der Waals surface area (Å²) in [6.45, 7) is 2.83. The molecule has 0 aromatic heterocycles. The second kappa shape index (κ2) is 12.3. The van der Waals surface area contributed by atoms with Crippen LogP contribution in [0.5, 0.6) is 5.75 Å². The molecule has 0 atom stereocenters. The average molecular weight is 412 g/mol. The summed E-state index contributed by atoms with van der Waals surface area (Å²) in [5.41, 5.74) is 1.38. The molecule has 2 aromatic rings. The van der Waals surface area contributed by atoms with Gasteiger partial charge in [-0.05, 0) is 24.6 Å². The Morgan fingerprint density at radius 1 is 0.867 bits per heavy atom. The molecule has 2 aromatic carbocycles. The second-order valence-corrected chi connectivity index (χ2v) is 6.81. The van der Waals surface area contributed by atoms with E-state index in [2.05, 4.69) is 22.9 Å². The normalized spacial score (nSPS) is 10.2. The highest BCUT2D eigenvalue weighted by Gasteiger charge is 2.17. The molecule has 0 fully saturated rings. The Kier molecular flexibility index (Phi) is 9.37. The first-order valence-electron chi connectivity index (χ1n) is 10.1. The van der Waals surface area contributed by atoms with Crippen LogP contribution >= 0.6 is 0 Å². The Hall–Kier alpha value is -3.35. The van der Waals surface area contributed by atoms with Gasteiger partial charge in [-0.25, -0.2) is 0 Å². The Morgan fingerprint density at radius 3 is 2.37 bits per heavy atom. The van der Waals surface area contributed by atoms with E-state index in [9.17, 15) is 14.4 Å². The van der Waals surface area contributed by atoms with Gasteiger partial charge in [0.2, 0.25) is 0 Å². The first kappa shape index (κ1) is 22.9. The molecule has 0 unspecified atom stereocenters. The molecule has 0 saturated carbocycles. The molecule has 7 heteroatoms. The van der Waals surface area contributed by atoms with Gasteiger partial charge in [0.1, 0.15) is 5.75 Å². The number of rotatable bonds is 10. The third kappa shape index (κ3) is 6.92. The van der Waals surface area contributed by atoms with Crippen molar-refractivity contribution < 1.29 is 19.1 Å². The summed E-state index contributed by atoms with van der Waals surface area (Å²) in [6, 6.07) is 14.0. The zero-order valence-electron chi connectivity index (χ0n) is 17.5. The number of carbonyl (C=O) groups is 3. The number of methoxy groups -OCH3 is 1. The van der Waals surface area contributed by atoms with E-state index in [1.807, 2.05) is 24.3 Å². The van der Waals surface area contributed by atoms with Gasteiger partial charge in [-0.3, -0.25) is 14.4 Å². The summed E-state index contributed by atoms with van der Waals surface area (Å²) < 4.78 is 5.29. The highest BCUT2D eigenvalue weighted by molar-refractivity contribution is 6.40. The molecule has 0 aliphatic rings. The van der Waals surface area contributed by atoms with Crippen LogP contribution in [0.1, 0.15) is 48.5 Å². The van der Waals surface area contributed by atoms with E-state index in [-0.39, 0.29) is 23.7 Å². The minimum atomic E-state index is -0.796. The molecular weight excluding hydrogens is 382 g/mol. The summed E-state index contributed by atoms with van der Waals surface area (Å²) in [5.74, 6) is -1.20. The maximum atomic E-state index is 12.7. The molecular formula is C23H29N3O4. The zero-order chi connectivity index (χ0) is 21.8. The quantitative estimate of drug-likeness (QED) is 0.413. The Balaban J connectivity index is 1.95. The zero-order valence-corrected chi connectivity index (χ0v) is 17.5. The highest BCUT2D eigenvalue weighted by Crippen LogP contribution is 2.18. The Bertz CT molecular complexity index is 867. The standard InChI is InChI=1S/C23H29N3O4/c1-3-4-5-10-15-24-22(28)23(29)26-19-13-8-7-12-18(19)21(27)25-16-17-11-6-9-14-20(17)30-2/h6-9,11-14H,3-5,10,15-16H2,1-2H3,(H,24,28)(H,25,27)(H,26,29). The lowest BCUT2D eigenvalue weighted by molar-refractivity contribution is -0.136. The summed E-state index contributed by atoms with van der Waals surface area (Å²) in [5, 5.41) is 7.95. The van der Waals surface area contributed by atoms with Crippen molar-refractivity contribution in [2.24, 2.45) is 0 Å². The fourth-order valence-electron chi connectivity index (χ4n) is 2.92. The number of hydrogen-bond donors (Lipinski definition) is 3. The van der Waals surface area contributed by atoms with Gasteiger partial charge in [0.15, 0.2) is 0 Å². The van der Waals surface area contributed by atoms with Crippen molar-refractivity contribution in [2.45, 2.75) is 39.2 Å². The van der Waals surface area contributed by atoms with Crippen LogP contribution in [0, 0.1) is 0 Å². The van der Waals surface area contributed by atoms with Crippen LogP contribution in [0.2, 0.25) is 0 Å². The van der Waals surface area contributed by atoms with Gasteiger partial charge in [-0.15, -0.1) is 0 Å². The topological polar surface area (TPSA) is 96.5 Å². The first-order chi connectivity index (χ1) is 14.6. The number of hydrogen-bond acceptors (Lipinski definition) is 4. The predicted molar refractivity (Wildman–Crippen MR) is 116 cm³/mol. The van der Waals surface area contributed by atoms with Crippen molar-refractivity contribution in [2.75, 3.05) is 19.0 Å². The monoisotopic (exact) mass is 411 g/mol. The number of para-hydroxylation sites is 2. The van der Waals surface area contributed by atoms with Crippen molar-refractivity contribution in [3.8, 4) is 5.75 Å². The van der Waals surface area contributed by atoms with Crippen LogP contribution in [-0.2, 0) is 16.1 Å². The van der Waals surface area contributed by atoms with Gasteiger partial charge in [0.05, 0.1) is 18.4 Å². The first-order valence-corrected chi connectivity index (χ1v) is 10.1. The number of carbonyl (C=O) groups excluding carboxylic acids is 3. The lowest BCUT2D eigenvalue weighted by atomic mass is 10.1. The van der Waals surface area contributed by atoms with Crippen LogP contribution in [0.25, 0.3) is 0 Å². The smallest absolute Gasteiger partial charge is 0.313 e. The number of ether oxygens (including phenoxy) is 1. The number of amides is 3. The van der Waals surface area contributed by atoms with Crippen molar-refractivity contribution in [1.29, 1.82) is 0 Å². The summed E-state index contributed by atoms with van der Waals surface area (Å²) in [6.07, 6.45) is 4.03. The minimum absolute atomic E-state index is 0.267. The molecule has 0 spiro atoms. The summed E-state index contributed by atoms with van der Waals surface area (Å²) in [4.78, 5) is 36.9. The van der Waals surface area contributed by atoms with Crippen molar-refractivity contribution >= 4 is 23.4 Å². The van der Waals surface area contributed by atoms with E-state index in [0.717, 1.165) is 31.2 Å². The largest absolute Gasteiger partial charge is 0.496 e. The minimum Gasteiger partial charge on any atom is -0.496 e. The van der Waals surface area contributed by atoms with Crippen LogP contribution < -0.4 is 20.7 Å². The van der Waals surface area contributed by atoms with E-state index < -0.39 is 11.8 Å². The Labute approximate surface area is 177 Å². The molecule has 160 valence electrons. The van der Waals surface area contributed by atoms with Gasteiger partial charge in [0, 0.05) is 18.7 Å². The molecule has 0 radical (unpaired) electrons. The number of unbranched alkanes of at least 4 members (excludes halogenated alkanes) is 3. The van der Waals surface area contributed by atoms with Crippen molar-refractivity contribution in [3.63, 3.8) is 0 Å². The fourth-order valence-corrected chi connectivity index (χ4v) is 2.92. The number of nitrogens with one attached hydrogen (secondary N) is 3. The second-order valence-electron chi connectivity index (χ2n) is 6.81. The predicted octanol–water partition coefficient (Wildman–Crippen LogP) is 3.26. The van der Waals surface area contributed by atoms with Crippen LogP contribution in [-0.4, -0.2) is 31.4 Å². The van der Waals surface area contributed by atoms with E-state index in [0.29, 0.717) is 12.3 Å². The average Bonchev–Trinajstić information content (AvgIpc) is 2.77. The molecule has 0 heterocycles. The van der Waals surface area contributed by atoms with Crippen LogP contribution in [0.4, 0.5) is 5.69 Å².